The average Bonchev–Trinajstić information content (AvgIpc) is 3.09. The third-order valence-corrected chi connectivity index (χ3v) is 4.08. The first-order valence-electron chi connectivity index (χ1n) is 6.87. The first-order valence-corrected chi connectivity index (χ1v) is 7.86. The normalized spacial score (nSPS) is 10.4. The molecule has 22 heavy (non-hydrogen) atoms. The van der Waals surface area contributed by atoms with Crippen LogP contribution in [0.2, 0.25) is 0 Å². The summed E-state index contributed by atoms with van der Waals surface area (Å²) in [6.07, 6.45) is 5.35. The number of thioether (sulfide) groups is 1. The van der Waals surface area contributed by atoms with E-state index >= 15 is 0 Å². The minimum absolute atomic E-state index is 0.00997. The molecule has 1 aromatic heterocycles. The largest absolute Gasteiger partial charge is 0.325 e. The van der Waals surface area contributed by atoms with E-state index in [1.807, 2.05) is 65.4 Å². The minimum atomic E-state index is -0.00997. The van der Waals surface area contributed by atoms with Crippen molar-refractivity contribution in [3.8, 4) is 5.69 Å². The smallest absolute Gasteiger partial charge is 0.234 e. The summed E-state index contributed by atoms with van der Waals surface area (Å²) in [7, 11) is 0. The van der Waals surface area contributed by atoms with Crippen molar-refractivity contribution in [1.82, 2.24) is 9.55 Å². The molecule has 0 saturated carbocycles. The van der Waals surface area contributed by atoms with Crippen molar-refractivity contribution in [3.05, 3.63) is 73.3 Å². The lowest BCUT2D eigenvalue weighted by Gasteiger charge is -2.07. The number of aromatic nitrogens is 2. The SMILES string of the molecule is O=C(CSc1ccccc1)Nc1ccc(-n2ccnc2)cc1. The second-order valence-electron chi connectivity index (χ2n) is 4.67. The molecule has 3 rings (SSSR count). The van der Waals surface area contributed by atoms with Gasteiger partial charge in [-0.2, -0.15) is 0 Å². The van der Waals surface area contributed by atoms with Gasteiger partial charge in [-0.1, -0.05) is 18.2 Å². The zero-order valence-electron chi connectivity index (χ0n) is 11.8. The summed E-state index contributed by atoms with van der Waals surface area (Å²) < 4.78 is 1.91. The zero-order valence-corrected chi connectivity index (χ0v) is 12.7. The molecule has 0 bridgehead atoms. The van der Waals surface area contributed by atoms with Crippen molar-refractivity contribution < 1.29 is 4.79 Å². The van der Waals surface area contributed by atoms with Gasteiger partial charge in [0.1, 0.15) is 0 Å². The van der Waals surface area contributed by atoms with Crippen LogP contribution in [0.5, 0.6) is 0 Å². The van der Waals surface area contributed by atoms with Crippen LogP contribution in [0.4, 0.5) is 5.69 Å². The fourth-order valence-corrected chi connectivity index (χ4v) is 2.71. The van der Waals surface area contributed by atoms with Crippen LogP contribution in [0.3, 0.4) is 0 Å². The van der Waals surface area contributed by atoms with E-state index < -0.39 is 0 Å². The number of anilines is 1. The monoisotopic (exact) mass is 309 g/mol. The number of nitrogens with zero attached hydrogens (tertiary/aromatic N) is 2. The molecule has 0 fully saturated rings. The number of carbonyl (C=O) groups excluding carboxylic acids is 1. The first-order chi connectivity index (χ1) is 10.8. The summed E-state index contributed by atoms with van der Waals surface area (Å²) in [5, 5.41) is 2.90. The molecule has 0 atom stereocenters. The molecule has 1 heterocycles. The zero-order chi connectivity index (χ0) is 15.2. The number of hydrogen-bond donors (Lipinski definition) is 1. The van der Waals surface area contributed by atoms with Gasteiger partial charge in [0.15, 0.2) is 0 Å². The second-order valence-corrected chi connectivity index (χ2v) is 5.72. The maximum Gasteiger partial charge on any atom is 0.234 e. The lowest BCUT2D eigenvalue weighted by molar-refractivity contribution is -0.113. The van der Waals surface area contributed by atoms with Crippen LogP contribution in [0.1, 0.15) is 0 Å². The topological polar surface area (TPSA) is 46.9 Å². The lowest BCUT2D eigenvalue weighted by atomic mass is 10.3. The Hall–Kier alpha value is -2.53. The van der Waals surface area contributed by atoms with E-state index in [9.17, 15) is 4.79 Å². The summed E-state index contributed by atoms with van der Waals surface area (Å²) in [4.78, 5) is 17.1. The summed E-state index contributed by atoms with van der Waals surface area (Å²) in [5.41, 5.74) is 1.80. The summed E-state index contributed by atoms with van der Waals surface area (Å²) in [6, 6.07) is 17.6. The van der Waals surface area contributed by atoms with E-state index in [1.54, 1.807) is 12.5 Å². The third kappa shape index (κ3) is 3.77. The van der Waals surface area contributed by atoms with E-state index in [-0.39, 0.29) is 5.91 Å². The quantitative estimate of drug-likeness (QED) is 0.733. The molecule has 110 valence electrons. The Labute approximate surface area is 133 Å². The Morgan fingerprint density at radius 2 is 1.86 bits per heavy atom. The van der Waals surface area contributed by atoms with Crippen molar-refractivity contribution in [3.63, 3.8) is 0 Å². The number of imidazole rings is 1. The molecule has 4 nitrogen and oxygen atoms in total. The Balaban J connectivity index is 1.55. The van der Waals surface area contributed by atoms with Gasteiger partial charge in [0.05, 0.1) is 12.1 Å². The Bertz CT molecular complexity index is 724. The molecule has 5 heteroatoms. The highest BCUT2D eigenvalue weighted by molar-refractivity contribution is 8.00. The van der Waals surface area contributed by atoms with E-state index in [2.05, 4.69) is 10.3 Å². The number of amides is 1. The number of rotatable bonds is 5. The molecule has 0 radical (unpaired) electrons. The summed E-state index contributed by atoms with van der Waals surface area (Å²) >= 11 is 1.52. The summed E-state index contributed by atoms with van der Waals surface area (Å²) in [6.45, 7) is 0. The maximum atomic E-state index is 12.0. The van der Waals surface area contributed by atoms with Crippen molar-refractivity contribution in [2.75, 3.05) is 11.1 Å². The van der Waals surface area contributed by atoms with Crippen LogP contribution >= 0.6 is 11.8 Å². The number of nitrogens with one attached hydrogen (secondary N) is 1. The van der Waals surface area contributed by atoms with Gasteiger partial charge in [-0.3, -0.25) is 4.79 Å². The number of carbonyl (C=O) groups is 1. The van der Waals surface area contributed by atoms with Crippen molar-refractivity contribution in [2.24, 2.45) is 0 Å². The fourth-order valence-electron chi connectivity index (χ4n) is 1.99. The molecule has 0 saturated heterocycles. The van der Waals surface area contributed by atoms with Crippen LogP contribution in [0.15, 0.2) is 78.2 Å². The van der Waals surface area contributed by atoms with Crippen LogP contribution in [-0.2, 0) is 4.79 Å². The van der Waals surface area contributed by atoms with Crippen LogP contribution in [0, 0.1) is 0 Å². The summed E-state index contributed by atoms with van der Waals surface area (Å²) in [5.74, 6) is 0.386. The van der Waals surface area contributed by atoms with Gasteiger partial charge >= 0.3 is 0 Å². The lowest BCUT2D eigenvalue weighted by Crippen LogP contribution is -2.13. The van der Waals surface area contributed by atoms with Gasteiger partial charge in [-0.05, 0) is 36.4 Å². The molecule has 1 amide bonds. The molecule has 0 aliphatic heterocycles. The molecular formula is C17H15N3OS. The van der Waals surface area contributed by atoms with E-state index in [1.165, 1.54) is 11.8 Å². The van der Waals surface area contributed by atoms with Gasteiger partial charge < -0.3 is 9.88 Å². The predicted octanol–water partition coefficient (Wildman–Crippen LogP) is 3.60. The number of benzene rings is 2. The molecule has 1 N–H and O–H groups in total. The van der Waals surface area contributed by atoms with E-state index in [0.717, 1.165) is 16.3 Å². The molecule has 0 unspecified atom stereocenters. The van der Waals surface area contributed by atoms with Crippen LogP contribution in [-0.4, -0.2) is 21.2 Å². The standard InChI is InChI=1S/C17H15N3OS/c21-17(12-22-16-4-2-1-3-5-16)19-14-6-8-15(9-7-14)20-11-10-18-13-20/h1-11,13H,12H2,(H,19,21). The highest BCUT2D eigenvalue weighted by Gasteiger charge is 2.04. The third-order valence-electron chi connectivity index (χ3n) is 3.07. The van der Waals surface area contributed by atoms with Gasteiger partial charge in [-0.15, -0.1) is 11.8 Å². The van der Waals surface area contributed by atoms with E-state index in [4.69, 9.17) is 0 Å². The second kappa shape index (κ2) is 6.95. The fraction of sp³-hybridized carbons (Fsp3) is 0.0588. The van der Waals surface area contributed by atoms with Crippen LogP contribution < -0.4 is 5.32 Å². The van der Waals surface area contributed by atoms with Crippen molar-refractivity contribution in [2.45, 2.75) is 4.90 Å². The van der Waals surface area contributed by atoms with E-state index in [0.29, 0.717) is 5.75 Å². The molecule has 2 aromatic carbocycles. The van der Waals surface area contributed by atoms with Crippen molar-refractivity contribution >= 4 is 23.4 Å². The maximum absolute atomic E-state index is 12.0. The number of hydrogen-bond acceptors (Lipinski definition) is 3. The molecule has 0 spiro atoms. The predicted molar refractivity (Wildman–Crippen MR) is 89.4 cm³/mol. The molecule has 0 aliphatic carbocycles. The highest BCUT2D eigenvalue weighted by atomic mass is 32.2. The Kier molecular flexibility index (Phi) is 4.56. The molecular weight excluding hydrogens is 294 g/mol. The average molecular weight is 309 g/mol. The Morgan fingerprint density at radius 1 is 1.09 bits per heavy atom. The van der Waals surface area contributed by atoms with Gasteiger partial charge in [-0.25, -0.2) is 4.98 Å². The van der Waals surface area contributed by atoms with Gasteiger partial charge in [0.25, 0.3) is 0 Å². The highest BCUT2D eigenvalue weighted by Crippen LogP contribution is 2.18. The van der Waals surface area contributed by atoms with Gasteiger partial charge in [0.2, 0.25) is 5.91 Å². The van der Waals surface area contributed by atoms with Gasteiger partial charge in [0, 0.05) is 28.7 Å². The molecule has 0 aliphatic rings. The van der Waals surface area contributed by atoms with Crippen molar-refractivity contribution in [1.29, 1.82) is 0 Å². The van der Waals surface area contributed by atoms with Crippen LogP contribution in [0.25, 0.3) is 5.69 Å². The Morgan fingerprint density at radius 3 is 2.55 bits per heavy atom. The first kappa shape index (κ1) is 14.4. The molecule has 3 aromatic rings. The minimum Gasteiger partial charge on any atom is -0.325 e.